The minimum absolute atomic E-state index is 0.0983. The lowest BCUT2D eigenvalue weighted by Gasteiger charge is -2.02. The number of carbonyl (C=O) groups is 1. The second-order valence-electron chi connectivity index (χ2n) is 2.64. The van der Waals surface area contributed by atoms with Crippen molar-refractivity contribution in [2.75, 3.05) is 6.61 Å². The van der Waals surface area contributed by atoms with Gasteiger partial charge < -0.3 is 9.84 Å². The third kappa shape index (κ3) is 2.82. The summed E-state index contributed by atoms with van der Waals surface area (Å²) < 4.78 is 5.19. The molecule has 3 nitrogen and oxygen atoms in total. The predicted octanol–water partition coefficient (Wildman–Crippen LogP) is 0.281. The third-order valence-electron chi connectivity index (χ3n) is 1.67. The lowest BCUT2D eigenvalue weighted by atomic mass is 10.1. The van der Waals surface area contributed by atoms with Crippen LogP contribution >= 0.6 is 0 Å². The lowest BCUT2D eigenvalue weighted by molar-refractivity contribution is -0.104. The van der Waals surface area contributed by atoms with Crippen LogP contribution in [0.15, 0.2) is 12.2 Å². The molecule has 62 valence electrons. The Kier molecular flexibility index (Phi) is 3.26. The Hall–Kier alpha value is -0.670. The van der Waals surface area contributed by atoms with E-state index in [1.807, 2.05) is 0 Å². The molecule has 11 heavy (non-hydrogen) atoms. The van der Waals surface area contributed by atoms with Gasteiger partial charge in [-0.1, -0.05) is 6.08 Å². The van der Waals surface area contributed by atoms with Crippen molar-refractivity contribution in [1.29, 1.82) is 0 Å². The molecular formula is C8H12O3. The molecule has 1 N–H and O–H groups in total. The first kappa shape index (κ1) is 8.43. The van der Waals surface area contributed by atoms with E-state index in [1.54, 1.807) is 6.08 Å². The summed E-state index contributed by atoms with van der Waals surface area (Å²) in [6.07, 6.45) is 5.14. The largest absolute Gasteiger partial charge is 0.391 e. The highest BCUT2D eigenvalue weighted by molar-refractivity contribution is 5.64. The maximum atomic E-state index is 9.87. The molecule has 3 heteroatoms. The van der Waals surface area contributed by atoms with Crippen molar-refractivity contribution in [2.24, 2.45) is 0 Å². The molecule has 0 saturated carbocycles. The Morgan fingerprint density at radius 2 is 2.45 bits per heavy atom. The highest BCUT2D eigenvalue weighted by Gasteiger charge is 2.21. The van der Waals surface area contributed by atoms with Crippen LogP contribution in [0.1, 0.15) is 12.8 Å². The number of aliphatic hydroxyl groups excluding tert-OH is 1. The van der Waals surface area contributed by atoms with E-state index in [4.69, 9.17) is 9.84 Å². The van der Waals surface area contributed by atoms with Gasteiger partial charge in [-0.05, 0) is 12.5 Å². The van der Waals surface area contributed by atoms with Crippen LogP contribution in [-0.2, 0) is 9.53 Å². The number of rotatable bonds is 3. The van der Waals surface area contributed by atoms with E-state index < -0.39 is 0 Å². The van der Waals surface area contributed by atoms with Gasteiger partial charge in [0.2, 0.25) is 0 Å². The van der Waals surface area contributed by atoms with Crippen LogP contribution in [0, 0.1) is 0 Å². The predicted molar refractivity (Wildman–Crippen MR) is 40.2 cm³/mol. The number of carbonyl (C=O) groups excluding carboxylic acids is 1. The molecule has 0 radical (unpaired) electrons. The summed E-state index contributed by atoms with van der Waals surface area (Å²) in [5.41, 5.74) is 0. The maximum Gasteiger partial charge on any atom is 0.142 e. The van der Waals surface area contributed by atoms with Gasteiger partial charge in [0.1, 0.15) is 6.29 Å². The molecule has 0 amide bonds. The summed E-state index contributed by atoms with van der Waals surface area (Å²) in [4.78, 5) is 9.87. The zero-order valence-electron chi connectivity index (χ0n) is 6.27. The Bertz CT molecular complexity index is 153. The van der Waals surface area contributed by atoms with Gasteiger partial charge in [0.05, 0.1) is 18.8 Å². The van der Waals surface area contributed by atoms with Crippen molar-refractivity contribution >= 4 is 6.29 Å². The molecule has 0 aromatic carbocycles. The molecule has 1 rings (SSSR count). The number of ether oxygens (including phenoxy) is 1. The summed E-state index contributed by atoms with van der Waals surface area (Å²) in [6, 6.07) is 0. The second-order valence-corrected chi connectivity index (χ2v) is 2.64. The van der Waals surface area contributed by atoms with Crippen LogP contribution < -0.4 is 0 Å². The van der Waals surface area contributed by atoms with E-state index in [-0.39, 0.29) is 12.2 Å². The van der Waals surface area contributed by atoms with E-state index >= 15 is 0 Å². The van der Waals surface area contributed by atoms with Crippen LogP contribution in [0.4, 0.5) is 0 Å². The molecular weight excluding hydrogens is 144 g/mol. The topological polar surface area (TPSA) is 46.5 Å². The molecule has 0 aromatic heterocycles. The van der Waals surface area contributed by atoms with Crippen molar-refractivity contribution in [1.82, 2.24) is 0 Å². The first-order chi connectivity index (χ1) is 5.33. The first-order valence-electron chi connectivity index (χ1n) is 3.73. The molecule has 1 heterocycles. The van der Waals surface area contributed by atoms with Crippen molar-refractivity contribution < 1.29 is 14.6 Å². The van der Waals surface area contributed by atoms with Gasteiger partial charge in [-0.2, -0.15) is 0 Å². The fourth-order valence-corrected chi connectivity index (χ4v) is 1.14. The van der Waals surface area contributed by atoms with Crippen molar-refractivity contribution in [2.45, 2.75) is 25.0 Å². The van der Waals surface area contributed by atoms with E-state index in [1.165, 1.54) is 6.08 Å². The minimum atomic E-state index is -0.315. The standard InChI is InChI=1S/C8H12O3/c9-4-2-1-3-8-5-7(10)6-11-8/h1-2,4,7-8,10H,3,5-6H2. The fourth-order valence-electron chi connectivity index (χ4n) is 1.14. The molecule has 0 aliphatic carbocycles. The molecule has 1 saturated heterocycles. The van der Waals surface area contributed by atoms with Gasteiger partial charge in [0.15, 0.2) is 0 Å². The fraction of sp³-hybridized carbons (Fsp3) is 0.625. The minimum Gasteiger partial charge on any atom is -0.391 e. The Morgan fingerprint density at radius 3 is 3.00 bits per heavy atom. The molecule has 2 atom stereocenters. The van der Waals surface area contributed by atoms with Gasteiger partial charge in [-0.25, -0.2) is 0 Å². The van der Waals surface area contributed by atoms with Crippen molar-refractivity contribution in [3.8, 4) is 0 Å². The van der Waals surface area contributed by atoms with Gasteiger partial charge in [-0.15, -0.1) is 0 Å². The third-order valence-corrected chi connectivity index (χ3v) is 1.67. The van der Waals surface area contributed by atoms with Gasteiger partial charge in [0, 0.05) is 6.42 Å². The van der Waals surface area contributed by atoms with Crippen LogP contribution in [0.25, 0.3) is 0 Å². The molecule has 0 spiro atoms. The molecule has 0 bridgehead atoms. The highest BCUT2D eigenvalue weighted by Crippen LogP contribution is 2.15. The van der Waals surface area contributed by atoms with E-state index in [0.717, 1.165) is 12.7 Å². The molecule has 1 aliphatic heterocycles. The SMILES string of the molecule is O=CC=CCC1CC(O)CO1. The lowest BCUT2D eigenvalue weighted by Crippen LogP contribution is -2.05. The first-order valence-corrected chi connectivity index (χ1v) is 3.73. The number of aliphatic hydroxyl groups is 1. The number of hydrogen-bond donors (Lipinski definition) is 1. The maximum absolute atomic E-state index is 9.87. The van der Waals surface area contributed by atoms with Crippen molar-refractivity contribution in [3.63, 3.8) is 0 Å². The number of hydrogen-bond acceptors (Lipinski definition) is 3. The smallest absolute Gasteiger partial charge is 0.142 e. The summed E-state index contributed by atoms with van der Waals surface area (Å²) in [6.45, 7) is 0.430. The Balaban J connectivity index is 2.17. The molecule has 1 fully saturated rings. The number of aldehydes is 1. The van der Waals surface area contributed by atoms with E-state index in [2.05, 4.69) is 0 Å². The van der Waals surface area contributed by atoms with Crippen LogP contribution in [0.2, 0.25) is 0 Å². The highest BCUT2D eigenvalue weighted by atomic mass is 16.5. The normalized spacial score (nSPS) is 31.4. The Morgan fingerprint density at radius 1 is 1.64 bits per heavy atom. The summed E-state index contributed by atoms with van der Waals surface area (Å²) in [7, 11) is 0. The van der Waals surface area contributed by atoms with Gasteiger partial charge in [-0.3, -0.25) is 4.79 Å². The van der Waals surface area contributed by atoms with E-state index in [0.29, 0.717) is 13.0 Å². The summed E-state index contributed by atoms with van der Waals surface area (Å²) in [5.74, 6) is 0. The van der Waals surface area contributed by atoms with E-state index in [9.17, 15) is 4.79 Å². The van der Waals surface area contributed by atoms with Crippen molar-refractivity contribution in [3.05, 3.63) is 12.2 Å². The summed E-state index contributed by atoms with van der Waals surface area (Å²) in [5, 5.41) is 9.04. The summed E-state index contributed by atoms with van der Waals surface area (Å²) >= 11 is 0. The zero-order valence-corrected chi connectivity index (χ0v) is 6.27. The van der Waals surface area contributed by atoms with Crippen LogP contribution in [0.5, 0.6) is 0 Å². The van der Waals surface area contributed by atoms with Crippen LogP contribution in [0.3, 0.4) is 0 Å². The van der Waals surface area contributed by atoms with Gasteiger partial charge >= 0.3 is 0 Å². The quantitative estimate of drug-likeness (QED) is 0.471. The zero-order chi connectivity index (χ0) is 8.10. The monoisotopic (exact) mass is 156 g/mol. The Labute approximate surface area is 65.7 Å². The van der Waals surface area contributed by atoms with Crippen LogP contribution in [-0.4, -0.2) is 30.2 Å². The average Bonchev–Trinajstić information content (AvgIpc) is 2.37. The molecule has 2 unspecified atom stereocenters. The molecule has 0 aromatic rings. The number of allylic oxidation sites excluding steroid dienone is 1. The molecule has 1 aliphatic rings. The average molecular weight is 156 g/mol. The van der Waals surface area contributed by atoms with Gasteiger partial charge in [0.25, 0.3) is 0 Å². The second kappa shape index (κ2) is 4.26.